The van der Waals surface area contributed by atoms with Gasteiger partial charge in [-0.2, -0.15) is 0 Å². The fourth-order valence-corrected chi connectivity index (χ4v) is 4.46. The zero-order valence-electron chi connectivity index (χ0n) is 11.5. The third-order valence-corrected chi connectivity index (χ3v) is 5.63. The first-order valence-corrected chi connectivity index (χ1v) is 8.34. The molecule has 1 N–H and O–H groups in total. The zero-order valence-corrected chi connectivity index (χ0v) is 13.1. The molecule has 0 spiro atoms. The first-order valence-electron chi connectivity index (χ1n) is 6.48. The van der Waals surface area contributed by atoms with Crippen LogP contribution in [0.4, 0.5) is 0 Å². The molecule has 3 nitrogen and oxygen atoms in total. The maximum absolute atomic E-state index is 12.4. The van der Waals surface area contributed by atoms with Crippen LogP contribution in [0.3, 0.4) is 0 Å². The van der Waals surface area contributed by atoms with Crippen molar-refractivity contribution in [3.8, 4) is 0 Å². The lowest BCUT2D eigenvalue weighted by molar-refractivity contribution is 0.372. The monoisotopic (exact) mass is 301 g/mol. The fourth-order valence-electron chi connectivity index (χ4n) is 2.68. The first-order chi connectivity index (χ1) is 8.70. The molecule has 1 aliphatic rings. The summed E-state index contributed by atoms with van der Waals surface area (Å²) in [7, 11) is -3.48. The molecule has 0 aliphatic heterocycles. The quantitative estimate of drug-likeness (QED) is 0.928. The van der Waals surface area contributed by atoms with E-state index in [-0.39, 0.29) is 16.4 Å². The van der Waals surface area contributed by atoms with Gasteiger partial charge in [-0.05, 0) is 49.3 Å². The lowest BCUT2D eigenvalue weighted by atomic mass is 9.92. The summed E-state index contributed by atoms with van der Waals surface area (Å²) < 4.78 is 27.6. The highest BCUT2D eigenvalue weighted by molar-refractivity contribution is 7.89. The molecule has 1 aromatic rings. The molecule has 2 rings (SSSR count). The molecule has 1 aromatic carbocycles. The summed E-state index contributed by atoms with van der Waals surface area (Å²) in [6, 6.07) is 4.97. The van der Waals surface area contributed by atoms with Gasteiger partial charge in [0, 0.05) is 11.1 Å². The van der Waals surface area contributed by atoms with Gasteiger partial charge in [0.1, 0.15) is 0 Å². The van der Waals surface area contributed by atoms with Crippen LogP contribution in [-0.4, -0.2) is 14.5 Å². The van der Waals surface area contributed by atoms with E-state index in [1.807, 2.05) is 0 Å². The normalized spacial score (nSPS) is 22.6. The van der Waals surface area contributed by atoms with Crippen LogP contribution in [0.15, 0.2) is 23.1 Å². The Morgan fingerprint density at radius 3 is 2.63 bits per heavy atom. The van der Waals surface area contributed by atoms with Crippen molar-refractivity contribution in [3.05, 3.63) is 28.8 Å². The van der Waals surface area contributed by atoms with E-state index in [0.717, 1.165) is 19.3 Å². The predicted octanol–water partition coefficient (Wildman–Crippen LogP) is 3.51. The number of benzene rings is 1. The largest absolute Gasteiger partial charge is 0.241 e. The van der Waals surface area contributed by atoms with Gasteiger partial charge < -0.3 is 0 Å². The molecule has 1 atom stereocenters. The van der Waals surface area contributed by atoms with Crippen LogP contribution in [0.25, 0.3) is 0 Å². The van der Waals surface area contributed by atoms with Crippen molar-refractivity contribution in [1.29, 1.82) is 0 Å². The maximum atomic E-state index is 12.4. The van der Waals surface area contributed by atoms with Crippen molar-refractivity contribution in [2.75, 3.05) is 0 Å². The lowest BCUT2D eigenvalue weighted by Crippen LogP contribution is -2.33. The number of sulfonamides is 1. The lowest BCUT2D eigenvalue weighted by Gasteiger charge is -2.18. The second-order valence-electron chi connectivity index (χ2n) is 6.14. The molecular weight excluding hydrogens is 282 g/mol. The molecule has 1 unspecified atom stereocenters. The molecule has 1 saturated carbocycles. The molecule has 0 bridgehead atoms. The van der Waals surface area contributed by atoms with Crippen LogP contribution >= 0.6 is 11.6 Å². The van der Waals surface area contributed by atoms with E-state index in [9.17, 15) is 8.42 Å². The van der Waals surface area contributed by atoms with Crippen molar-refractivity contribution in [3.63, 3.8) is 0 Å². The number of nitrogens with one attached hydrogen (secondary N) is 1. The molecule has 1 aliphatic carbocycles. The molecule has 0 amide bonds. The average molecular weight is 302 g/mol. The van der Waals surface area contributed by atoms with Gasteiger partial charge in [-0.1, -0.05) is 31.5 Å². The predicted molar refractivity (Wildman–Crippen MR) is 77.9 cm³/mol. The summed E-state index contributed by atoms with van der Waals surface area (Å²) in [6.07, 6.45) is 2.83. The molecule has 0 radical (unpaired) electrons. The molecule has 1 fully saturated rings. The maximum Gasteiger partial charge on any atom is 0.241 e. The molecule has 0 aromatic heterocycles. The van der Waals surface area contributed by atoms with Gasteiger partial charge in [0.2, 0.25) is 10.0 Å². The SMILES string of the molecule is Cc1ccc(Cl)cc1S(=O)(=O)NC1CCC(C)(C)C1. The van der Waals surface area contributed by atoms with E-state index < -0.39 is 10.0 Å². The highest BCUT2D eigenvalue weighted by Gasteiger charge is 2.33. The molecule has 0 saturated heterocycles. The van der Waals surface area contributed by atoms with Gasteiger partial charge in [0.25, 0.3) is 0 Å². The van der Waals surface area contributed by atoms with Crippen LogP contribution in [-0.2, 0) is 10.0 Å². The minimum absolute atomic E-state index is 0.0263. The summed E-state index contributed by atoms with van der Waals surface area (Å²) in [6.45, 7) is 6.13. The van der Waals surface area contributed by atoms with E-state index in [0.29, 0.717) is 10.6 Å². The second-order valence-corrected chi connectivity index (χ2v) is 8.25. The summed E-state index contributed by atoms with van der Waals surface area (Å²) in [5.74, 6) is 0. The standard InChI is InChI=1S/C14H20ClNO2S/c1-10-4-5-11(15)8-13(10)19(17,18)16-12-6-7-14(2,3)9-12/h4-5,8,12,16H,6-7,9H2,1-3H3. The van der Waals surface area contributed by atoms with Crippen molar-refractivity contribution in [1.82, 2.24) is 4.72 Å². The molecule has 19 heavy (non-hydrogen) atoms. The van der Waals surface area contributed by atoms with Crippen molar-refractivity contribution >= 4 is 21.6 Å². The number of aryl methyl sites for hydroxylation is 1. The Labute approximate surface area is 120 Å². The summed E-state index contributed by atoms with van der Waals surface area (Å²) >= 11 is 5.89. The van der Waals surface area contributed by atoms with E-state index in [2.05, 4.69) is 18.6 Å². The second kappa shape index (κ2) is 5.08. The Morgan fingerprint density at radius 2 is 2.05 bits per heavy atom. The topological polar surface area (TPSA) is 46.2 Å². The Bertz CT molecular complexity index is 581. The summed E-state index contributed by atoms with van der Waals surface area (Å²) in [5, 5.41) is 0.442. The minimum atomic E-state index is -3.48. The van der Waals surface area contributed by atoms with E-state index in [1.54, 1.807) is 19.1 Å². The van der Waals surface area contributed by atoms with Crippen LogP contribution in [0, 0.1) is 12.3 Å². The van der Waals surface area contributed by atoms with Gasteiger partial charge in [-0.15, -0.1) is 0 Å². The third kappa shape index (κ3) is 3.50. The van der Waals surface area contributed by atoms with Gasteiger partial charge in [0.05, 0.1) is 4.90 Å². The smallest absolute Gasteiger partial charge is 0.208 e. The fraction of sp³-hybridized carbons (Fsp3) is 0.571. The van der Waals surface area contributed by atoms with E-state index >= 15 is 0 Å². The van der Waals surface area contributed by atoms with Gasteiger partial charge in [0.15, 0.2) is 0 Å². The van der Waals surface area contributed by atoms with Crippen LogP contribution in [0.5, 0.6) is 0 Å². The zero-order chi connectivity index (χ0) is 14.3. The average Bonchev–Trinajstić information content (AvgIpc) is 2.60. The summed E-state index contributed by atoms with van der Waals surface area (Å²) in [4.78, 5) is 0.282. The van der Waals surface area contributed by atoms with Crippen LogP contribution in [0.1, 0.15) is 38.7 Å². The number of rotatable bonds is 3. The molecular formula is C14H20ClNO2S. The Kier molecular flexibility index (Phi) is 3.96. The minimum Gasteiger partial charge on any atom is -0.208 e. The van der Waals surface area contributed by atoms with Crippen molar-refractivity contribution in [2.24, 2.45) is 5.41 Å². The molecule has 5 heteroatoms. The Balaban J connectivity index is 2.22. The van der Waals surface area contributed by atoms with Crippen LogP contribution in [0.2, 0.25) is 5.02 Å². The Hall–Kier alpha value is -0.580. The van der Waals surface area contributed by atoms with E-state index in [1.165, 1.54) is 6.07 Å². The highest BCUT2D eigenvalue weighted by atomic mass is 35.5. The van der Waals surface area contributed by atoms with Gasteiger partial charge >= 0.3 is 0 Å². The van der Waals surface area contributed by atoms with Crippen molar-refractivity contribution < 1.29 is 8.42 Å². The van der Waals surface area contributed by atoms with Crippen molar-refractivity contribution in [2.45, 2.75) is 51.0 Å². The number of halogens is 1. The number of hydrogen-bond donors (Lipinski definition) is 1. The van der Waals surface area contributed by atoms with Gasteiger partial charge in [-0.25, -0.2) is 13.1 Å². The van der Waals surface area contributed by atoms with Crippen LogP contribution < -0.4 is 4.72 Å². The Morgan fingerprint density at radius 1 is 1.37 bits per heavy atom. The highest BCUT2D eigenvalue weighted by Crippen LogP contribution is 2.37. The van der Waals surface area contributed by atoms with E-state index in [4.69, 9.17) is 11.6 Å². The molecule has 0 heterocycles. The molecule has 106 valence electrons. The third-order valence-electron chi connectivity index (χ3n) is 3.73. The van der Waals surface area contributed by atoms with Gasteiger partial charge in [-0.3, -0.25) is 0 Å². The number of hydrogen-bond acceptors (Lipinski definition) is 2. The summed E-state index contributed by atoms with van der Waals surface area (Å²) in [5.41, 5.74) is 0.936. The first kappa shape index (κ1) is 14.8.